The largest absolute Gasteiger partial charge is 0.153 e. The van der Waals surface area contributed by atoms with E-state index < -0.39 is 0 Å². The lowest BCUT2D eigenvalue weighted by Crippen LogP contribution is -1.58. The molecule has 0 aliphatic carbocycles. The summed E-state index contributed by atoms with van der Waals surface area (Å²) in [6, 6.07) is 0. The maximum absolute atomic E-state index is 4.87. The maximum Gasteiger partial charge on any atom is 0.0196 e. The van der Waals surface area contributed by atoms with Crippen LogP contribution in [0.3, 0.4) is 0 Å². The van der Waals surface area contributed by atoms with Gasteiger partial charge in [0.05, 0.1) is 0 Å². The van der Waals surface area contributed by atoms with Crippen LogP contribution in [-0.2, 0) is 0 Å². The Hall–Kier alpha value is -0.450. The molecular formula is C6H9P. The van der Waals surface area contributed by atoms with Gasteiger partial charge in [-0.25, -0.2) is 0 Å². The predicted molar refractivity (Wildman–Crippen MR) is 38.0 cm³/mol. The summed E-state index contributed by atoms with van der Waals surface area (Å²) in [5.41, 5.74) is 0. The van der Waals surface area contributed by atoms with Crippen molar-refractivity contribution >= 4 is 9.90 Å². The molecule has 0 spiro atoms. The molecule has 0 aromatic rings. The van der Waals surface area contributed by atoms with E-state index in [1.807, 2.05) is 0 Å². The second-order valence-electron chi connectivity index (χ2n) is 0.908. The topological polar surface area (TPSA) is 0 Å². The van der Waals surface area contributed by atoms with Crippen LogP contribution in [0, 0.1) is 24.7 Å². The SMILES string of the molecule is C#CCCC#C.P. The molecule has 0 nitrogen and oxygen atoms in total. The van der Waals surface area contributed by atoms with Crippen LogP contribution in [0.2, 0.25) is 0 Å². The van der Waals surface area contributed by atoms with Gasteiger partial charge in [-0.1, -0.05) is 0 Å². The first-order valence-corrected chi connectivity index (χ1v) is 1.78. The monoisotopic (exact) mass is 112 g/mol. The Balaban J connectivity index is 0. The van der Waals surface area contributed by atoms with Crippen molar-refractivity contribution in [2.45, 2.75) is 12.8 Å². The van der Waals surface area contributed by atoms with E-state index in [9.17, 15) is 0 Å². The summed E-state index contributed by atoms with van der Waals surface area (Å²) < 4.78 is 0. The van der Waals surface area contributed by atoms with Crippen LogP contribution in [0.15, 0.2) is 0 Å². The summed E-state index contributed by atoms with van der Waals surface area (Å²) in [6.45, 7) is 0. The third-order valence-electron chi connectivity index (χ3n) is 0.414. The molecule has 0 rings (SSSR count). The van der Waals surface area contributed by atoms with Gasteiger partial charge >= 0.3 is 0 Å². The number of rotatable bonds is 1. The van der Waals surface area contributed by atoms with Gasteiger partial charge in [0, 0.05) is 12.8 Å². The third-order valence-corrected chi connectivity index (χ3v) is 0.414. The molecule has 0 bridgehead atoms. The predicted octanol–water partition coefficient (Wildman–Crippen LogP) is 1.09. The highest BCUT2D eigenvalue weighted by Gasteiger charge is 1.66. The number of hydrogen-bond acceptors (Lipinski definition) is 0. The van der Waals surface area contributed by atoms with E-state index in [-0.39, 0.29) is 9.90 Å². The Labute approximate surface area is 48.3 Å². The molecule has 0 aromatic carbocycles. The molecule has 7 heavy (non-hydrogen) atoms. The highest BCUT2D eigenvalue weighted by atomic mass is 31.0. The smallest absolute Gasteiger partial charge is 0.0196 e. The maximum atomic E-state index is 4.87. The van der Waals surface area contributed by atoms with Crippen LogP contribution in [0.1, 0.15) is 12.8 Å². The molecule has 0 radical (unpaired) electrons. The summed E-state index contributed by atoms with van der Waals surface area (Å²) >= 11 is 0. The van der Waals surface area contributed by atoms with Gasteiger partial charge in [-0.3, -0.25) is 0 Å². The van der Waals surface area contributed by atoms with Crippen LogP contribution >= 0.6 is 9.90 Å². The molecule has 1 heteroatoms. The van der Waals surface area contributed by atoms with E-state index in [0.29, 0.717) is 12.8 Å². The highest BCUT2D eigenvalue weighted by Crippen LogP contribution is 1.78. The number of terminal acetylenes is 2. The average molecular weight is 112 g/mol. The molecule has 0 aliphatic heterocycles. The van der Waals surface area contributed by atoms with Gasteiger partial charge in [-0.05, 0) is 0 Å². The van der Waals surface area contributed by atoms with Crippen molar-refractivity contribution in [1.82, 2.24) is 0 Å². The lowest BCUT2D eigenvalue weighted by molar-refractivity contribution is 1.13. The Morgan fingerprint density at radius 1 is 1.00 bits per heavy atom. The molecule has 0 aliphatic rings. The zero-order valence-electron chi connectivity index (χ0n) is 4.28. The molecule has 0 fully saturated rings. The van der Waals surface area contributed by atoms with E-state index in [1.165, 1.54) is 0 Å². The van der Waals surface area contributed by atoms with Crippen molar-refractivity contribution in [3.05, 3.63) is 0 Å². The van der Waals surface area contributed by atoms with Gasteiger partial charge in [0.1, 0.15) is 0 Å². The average Bonchev–Trinajstić information content (AvgIpc) is 1.61. The quantitative estimate of drug-likeness (QED) is 0.270. The van der Waals surface area contributed by atoms with Gasteiger partial charge in [-0.2, -0.15) is 9.90 Å². The molecule has 0 saturated carbocycles. The summed E-state index contributed by atoms with van der Waals surface area (Å²) in [5, 5.41) is 0. The van der Waals surface area contributed by atoms with Crippen molar-refractivity contribution in [3.63, 3.8) is 0 Å². The lowest BCUT2D eigenvalue weighted by atomic mass is 10.3. The molecule has 0 saturated heterocycles. The molecule has 0 N–H and O–H groups in total. The van der Waals surface area contributed by atoms with E-state index >= 15 is 0 Å². The minimum absolute atomic E-state index is 0. The molecule has 1 unspecified atom stereocenters. The van der Waals surface area contributed by atoms with Gasteiger partial charge in [0.15, 0.2) is 0 Å². The Morgan fingerprint density at radius 2 is 1.29 bits per heavy atom. The van der Waals surface area contributed by atoms with Crippen LogP contribution in [0.25, 0.3) is 0 Å². The zero-order valence-corrected chi connectivity index (χ0v) is 5.69. The first kappa shape index (κ1) is 9.75. The standard InChI is InChI=1S/C6H6.H3P/c1-3-5-6-4-2;/h1-2H,5-6H2;1H3. The first-order chi connectivity index (χ1) is 2.91. The van der Waals surface area contributed by atoms with Crippen LogP contribution in [0.4, 0.5) is 0 Å². The molecule has 0 heterocycles. The van der Waals surface area contributed by atoms with Crippen LogP contribution in [0.5, 0.6) is 0 Å². The minimum atomic E-state index is 0. The highest BCUT2D eigenvalue weighted by molar-refractivity contribution is 6.92. The van der Waals surface area contributed by atoms with E-state index in [4.69, 9.17) is 12.8 Å². The fraction of sp³-hybridized carbons (Fsp3) is 0.333. The summed E-state index contributed by atoms with van der Waals surface area (Å²) in [4.78, 5) is 0. The second-order valence-corrected chi connectivity index (χ2v) is 0.908. The van der Waals surface area contributed by atoms with Crippen molar-refractivity contribution < 1.29 is 0 Å². The lowest BCUT2D eigenvalue weighted by Gasteiger charge is -1.70. The second kappa shape index (κ2) is 9.12. The van der Waals surface area contributed by atoms with E-state index in [0.717, 1.165) is 0 Å². The van der Waals surface area contributed by atoms with Crippen LogP contribution in [-0.4, -0.2) is 0 Å². The van der Waals surface area contributed by atoms with Crippen molar-refractivity contribution in [1.29, 1.82) is 0 Å². The molecular weight excluding hydrogens is 103 g/mol. The molecule has 0 aromatic heterocycles. The van der Waals surface area contributed by atoms with Crippen molar-refractivity contribution in [3.8, 4) is 24.7 Å². The van der Waals surface area contributed by atoms with Gasteiger partial charge in [-0.15, -0.1) is 24.7 Å². The summed E-state index contributed by atoms with van der Waals surface area (Å²) in [5.74, 6) is 4.85. The van der Waals surface area contributed by atoms with Gasteiger partial charge < -0.3 is 0 Å². The Kier molecular flexibility index (Phi) is 12.7. The summed E-state index contributed by atoms with van der Waals surface area (Å²) in [7, 11) is 0. The fourth-order valence-electron chi connectivity index (χ4n) is 0.144. The van der Waals surface area contributed by atoms with E-state index in [1.54, 1.807) is 0 Å². The number of unbranched alkanes of at least 4 members (excludes halogenated alkanes) is 1. The van der Waals surface area contributed by atoms with Crippen LogP contribution < -0.4 is 0 Å². The van der Waals surface area contributed by atoms with E-state index in [2.05, 4.69) is 11.8 Å². The van der Waals surface area contributed by atoms with Gasteiger partial charge in [0.2, 0.25) is 0 Å². The zero-order chi connectivity index (χ0) is 4.83. The Bertz CT molecular complexity index is 77.7. The molecule has 0 amide bonds. The van der Waals surface area contributed by atoms with Crippen molar-refractivity contribution in [2.75, 3.05) is 0 Å². The minimum Gasteiger partial charge on any atom is -0.153 e. The fourth-order valence-corrected chi connectivity index (χ4v) is 0.144. The normalized spacial score (nSPS) is 4.86. The first-order valence-electron chi connectivity index (χ1n) is 1.78. The number of hydrogen-bond donors (Lipinski definition) is 0. The molecule has 1 atom stereocenters. The molecule has 38 valence electrons. The van der Waals surface area contributed by atoms with Crippen molar-refractivity contribution in [2.24, 2.45) is 0 Å². The third kappa shape index (κ3) is 10.8. The summed E-state index contributed by atoms with van der Waals surface area (Å²) in [6.07, 6.45) is 11.1. The van der Waals surface area contributed by atoms with Gasteiger partial charge in [0.25, 0.3) is 0 Å². The Morgan fingerprint density at radius 3 is 1.43 bits per heavy atom.